The molecule has 3 rings (SSSR count). The average molecular weight is 272 g/mol. The second-order valence-electron chi connectivity index (χ2n) is 5.45. The third-order valence-corrected chi connectivity index (χ3v) is 4.28. The van der Waals surface area contributed by atoms with Crippen molar-refractivity contribution >= 4 is 16.9 Å². The predicted molar refractivity (Wildman–Crippen MR) is 79.2 cm³/mol. The zero-order chi connectivity index (χ0) is 14.1. The molecule has 2 N–H and O–H groups in total. The van der Waals surface area contributed by atoms with Crippen LogP contribution in [-0.4, -0.2) is 31.2 Å². The molecule has 1 aromatic carbocycles. The van der Waals surface area contributed by atoms with E-state index in [1.165, 1.54) is 25.5 Å². The molecule has 1 saturated heterocycles. The molecule has 0 amide bonds. The largest absolute Gasteiger partial charge is 0.464 e. The van der Waals surface area contributed by atoms with E-state index in [1.807, 2.05) is 6.92 Å². The van der Waals surface area contributed by atoms with E-state index in [1.54, 1.807) is 0 Å². The first-order valence-electron chi connectivity index (χ1n) is 7.12. The molecule has 4 heteroatoms. The number of aromatic amines is 1. The Kier molecular flexibility index (Phi) is 3.49. The number of aryl methyl sites for hydroxylation is 1. The van der Waals surface area contributed by atoms with Gasteiger partial charge in [0.15, 0.2) is 0 Å². The molecule has 0 bridgehead atoms. The molecule has 1 aromatic heterocycles. The normalized spacial score (nSPS) is 16.5. The number of esters is 1. The molecule has 0 radical (unpaired) electrons. The number of benzene rings is 1. The number of rotatable bonds is 2. The van der Waals surface area contributed by atoms with E-state index in [0.29, 0.717) is 11.6 Å². The Morgan fingerprint density at radius 3 is 2.75 bits per heavy atom. The highest BCUT2D eigenvalue weighted by atomic mass is 16.5. The number of carbonyl (C=O) groups is 1. The number of piperidine rings is 1. The van der Waals surface area contributed by atoms with Gasteiger partial charge in [-0.2, -0.15) is 0 Å². The van der Waals surface area contributed by atoms with Crippen molar-refractivity contribution < 1.29 is 9.53 Å². The van der Waals surface area contributed by atoms with Crippen LogP contribution in [0.2, 0.25) is 0 Å². The summed E-state index contributed by atoms with van der Waals surface area (Å²) >= 11 is 0. The Balaban J connectivity index is 2.01. The van der Waals surface area contributed by atoms with Gasteiger partial charge in [0.25, 0.3) is 0 Å². The van der Waals surface area contributed by atoms with Crippen LogP contribution in [-0.2, 0) is 4.74 Å². The highest BCUT2D eigenvalue weighted by molar-refractivity contribution is 5.98. The van der Waals surface area contributed by atoms with E-state index in [4.69, 9.17) is 4.74 Å². The van der Waals surface area contributed by atoms with Gasteiger partial charge < -0.3 is 15.0 Å². The van der Waals surface area contributed by atoms with Crippen LogP contribution >= 0.6 is 0 Å². The summed E-state index contributed by atoms with van der Waals surface area (Å²) in [6.07, 6.45) is 2.36. The van der Waals surface area contributed by atoms with Crippen LogP contribution in [0.5, 0.6) is 0 Å². The average Bonchev–Trinajstić information content (AvgIpc) is 2.84. The number of aromatic nitrogens is 1. The topological polar surface area (TPSA) is 54.1 Å². The zero-order valence-corrected chi connectivity index (χ0v) is 12.0. The molecule has 1 aliphatic heterocycles. The van der Waals surface area contributed by atoms with Crippen LogP contribution in [0.25, 0.3) is 10.9 Å². The second-order valence-corrected chi connectivity index (χ2v) is 5.45. The molecule has 0 atom stereocenters. The summed E-state index contributed by atoms with van der Waals surface area (Å²) in [5.74, 6) is 0.318. The monoisotopic (exact) mass is 272 g/mol. The minimum Gasteiger partial charge on any atom is -0.464 e. The van der Waals surface area contributed by atoms with Crippen LogP contribution in [0.15, 0.2) is 18.2 Å². The molecule has 4 nitrogen and oxygen atoms in total. The number of H-pyrrole nitrogens is 1. The zero-order valence-electron chi connectivity index (χ0n) is 12.0. The number of hydrogen-bond donors (Lipinski definition) is 2. The van der Waals surface area contributed by atoms with Crippen molar-refractivity contribution in [2.24, 2.45) is 0 Å². The Bertz CT molecular complexity index is 639. The maximum absolute atomic E-state index is 11.7. The van der Waals surface area contributed by atoms with E-state index in [2.05, 4.69) is 28.5 Å². The third kappa shape index (κ3) is 2.20. The lowest BCUT2D eigenvalue weighted by atomic mass is 9.89. The number of fused-ring (bicyclic) bond motifs is 1. The quantitative estimate of drug-likeness (QED) is 0.826. The van der Waals surface area contributed by atoms with Gasteiger partial charge in [0, 0.05) is 10.9 Å². The standard InChI is InChI=1S/C16H20N2O2/c1-10-13-9-12(11-5-7-17-8-6-11)3-4-14(13)18-15(10)16(19)20-2/h3-4,9,11,17-18H,5-8H2,1-2H3. The summed E-state index contributed by atoms with van der Waals surface area (Å²) in [5, 5.41) is 4.52. The molecule has 2 heterocycles. The first-order valence-corrected chi connectivity index (χ1v) is 7.12. The Hall–Kier alpha value is -1.81. The van der Waals surface area contributed by atoms with Gasteiger partial charge in [-0.15, -0.1) is 0 Å². The molecular formula is C16H20N2O2. The van der Waals surface area contributed by atoms with E-state index in [0.717, 1.165) is 29.6 Å². The summed E-state index contributed by atoms with van der Waals surface area (Å²) in [4.78, 5) is 14.9. The van der Waals surface area contributed by atoms with Crippen molar-refractivity contribution in [3.8, 4) is 0 Å². The fourth-order valence-electron chi connectivity index (χ4n) is 3.06. The molecule has 106 valence electrons. The van der Waals surface area contributed by atoms with Gasteiger partial charge >= 0.3 is 5.97 Å². The number of ether oxygens (including phenoxy) is 1. The Morgan fingerprint density at radius 1 is 1.30 bits per heavy atom. The summed E-state index contributed by atoms with van der Waals surface area (Å²) < 4.78 is 4.81. The minimum atomic E-state index is -0.304. The van der Waals surface area contributed by atoms with Gasteiger partial charge in [0.05, 0.1) is 7.11 Å². The van der Waals surface area contributed by atoms with Crippen molar-refractivity contribution in [2.75, 3.05) is 20.2 Å². The SMILES string of the molecule is COC(=O)c1[nH]c2ccc(C3CCNCC3)cc2c1C. The van der Waals surface area contributed by atoms with E-state index < -0.39 is 0 Å². The smallest absolute Gasteiger partial charge is 0.354 e. The summed E-state index contributed by atoms with van der Waals surface area (Å²) in [7, 11) is 1.41. The van der Waals surface area contributed by atoms with Gasteiger partial charge in [-0.1, -0.05) is 6.07 Å². The number of methoxy groups -OCH3 is 1. The van der Waals surface area contributed by atoms with Crippen molar-refractivity contribution in [2.45, 2.75) is 25.7 Å². The number of carbonyl (C=O) groups excluding carboxylic acids is 1. The molecule has 0 spiro atoms. The van der Waals surface area contributed by atoms with Crippen molar-refractivity contribution in [3.63, 3.8) is 0 Å². The first kappa shape index (κ1) is 13.2. The molecule has 2 aromatic rings. The van der Waals surface area contributed by atoms with Gasteiger partial charge in [-0.05, 0) is 62.0 Å². The first-order chi connectivity index (χ1) is 9.70. The lowest BCUT2D eigenvalue weighted by Gasteiger charge is -2.23. The van der Waals surface area contributed by atoms with Gasteiger partial charge in [0.1, 0.15) is 5.69 Å². The molecular weight excluding hydrogens is 252 g/mol. The Labute approximate surface area is 118 Å². The third-order valence-electron chi connectivity index (χ3n) is 4.28. The highest BCUT2D eigenvalue weighted by Crippen LogP contribution is 2.30. The van der Waals surface area contributed by atoms with Crippen LogP contribution in [0.3, 0.4) is 0 Å². The number of nitrogens with one attached hydrogen (secondary N) is 2. The van der Waals surface area contributed by atoms with Gasteiger partial charge in [0.2, 0.25) is 0 Å². The summed E-state index contributed by atoms with van der Waals surface area (Å²) in [6.45, 7) is 4.14. The molecule has 1 aliphatic rings. The molecule has 0 unspecified atom stereocenters. The molecule has 20 heavy (non-hydrogen) atoms. The van der Waals surface area contributed by atoms with E-state index in [9.17, 15) is 4.79 Å². The highest BCUT2D eigenvalue weighted by Gasteiger charge is 2.18. The van der Waals surface area contributed by atoms with Crippen LogP contribution in [0.1, 0.15) is 40.4 Å². The second kappa shape index (κ2) is 5.29. The maximum atomic E-state index is 11.7. The minimum absolute atomic E-state index is 0.304. The van der Waals surface area contributed by atoms with E-state index >= 15 is 0 Å². The number of hydrogen-bond acceptors (Lipinski definition) is 3. The Morgan fingerprint density at radius 2 is 2.05 bits per heavy atom. The molecule has 0 aliphatic carbocycles. The lowest BCUT2D eigenvalue weighted by Crippen LogP contribution is -2.26. The maximum Gasteiger partial charge on any atom is 0.354 e. The van der Waals surface area contributed by atoms with Crippen molar-refractivity contribution in [1.82, 2.24) is 10.3 Å². The van der Waals surface area contributed by atoms with Crippen LogP contribution in [0.4, 0.5) is 0 Å². The summed E-state index contributed by atoms with van der Waals surface area (Å²) in [5.41, 5.74) is 3.91. The predicted octanol–water partition coefficient (Wildman–Crippen LogP) is 2.73. The summed E-state index contributed by atoms with van der Waals surface area (Å²) in [6, 6.07) is 6.48. The molecule has 0 saturated carbocycles. The van der Waals surface area contributed by atoms with Gasteiger partial charge in [-0.3, -0.25) is 0 Å². The van der Waals surface area contributed by atoms with Crippen molar-refractivity contribution in [1.29, 1.82) is 0 Å². The van der Waals surface area contributed by atoms with Gasteiger partial charge in [-0.25, -0.2) is 4.79 Å². The molecule has 1 fully saturated rings. The fraction of sp³-hybridized carbons (Fsp3) is 0.438. The van der Waals surface area contributed by atoms with E-state index in [-0.39, 0.29) is 5.97 Å². The fourth-order valence-corrected chi connectivity index (χ4v) is 3.06. The lowest BCUT2D eigenvalue weighted by molar-refractivity contribution is 0.0594. The van der Waals surface area contributed by atoms with Crippen LogP contribution in [0, 0.1) is 6.92 Å². The van der Waals surface area contributed by atoms with Crippen molar-refractivity contribution in [3.05, 3.63) is 35.0 Å². The van der Waals surface area contributed by atoms with Crippen LogP contribution < -0.4 is 5.32 Å².